The van der Waals surface area contributed by atoms with Crippen LogP contribution in [0.15, 0.2) is 11.8 Å². The number of β-amino-alcohol motifs (C(OH)–C–C–N with tert-alkyl or cyclic N) is 1. The van der Waals surface area contributed by atoms with Crippen LogP contribution in [0.5, 0.6) is 0 Å². The lowest BCUT2D eigenvalue weighted by molar-refractivity contribution is -0.157. The molecule has 0 aromatic carbocycles. The molecule has 0 saturated carbocycles. The fourth-order valence-corrected chi connectivity index (χ4v) is 3.25. The van der Waals surface area contributed by atoms with E-state index in [-0.39, 0.29) is 43.7 Å². The second-order valence-electron chi connectivity index (χ2n) is 6.07. The van der Waals surface area contributed by atoms with Crippen LogP contribution in [0.2, 0.25) is 0 Å². The van der Waals surface area contributed by atoms with Gasteiger partial charge < -0.3 is 25.3 Å². The molecule has 4 atom stereocenters. The predicted molar refractivity (Wildman–Crippen MR) is 74.1 cm³/mol. The Bertz CT molecular complexity index is 561. The molecule has 0 aromatic heterocycles. The molecule has 8 nitrogen and oxygen atoms in total. The number of amides is 3. The summed E-state index contributed by atoms with van der Waals surface area (Å²) in [5, 5.41) is 22.3. The summed E-state index contributed by atoms with van der Waals surface area (Å²) in [5.74, 6) is -0.991. The maximum absolute atomic E-state index is 12.6. The quantitative estimate of drug-likeness (QED) is 0.477. The SMILES string of the molecule is C/C1=C/N2C(=O)[C@@H]3C[C@@H](O)CN3C(=O)[C@H]2C[C@@H](O)CNC1=O. The van der Waals surface area contributed by atoms with Crippen LogP contribution in [0.4, 0.5) is 0 Å². The molecule has 0 radical (unpaired) electrons. The predicted octanol–water partition coefficient (Wildman–Crippen LogP) is -2.06. The Morgan fingerprint density at radius 3 is 2.50 bits per heavy atom. The standard InChI is InChI=1S/C14H19N3O5/c1-7-5-16-10(2-8(18)4-15-12(7)20)14(22)17-6-9(19)3-11(17)13(16)21/h5,8-11,18-19H,2-4,6H2,1H3,(H,15,20)/b7-5-/t8-,9-,10-,11+/m1/s1. The van der Waals surface area contributed by atoms with Gasteiger partial charge in [-0.15, -0.1) is 0 Å². The van der Waals surface area contributed by atoms with Crippen LogP contribution < -0.4 is 5.32 Å². The first-order chi connectivity index (χ1) is 10.4. The van der Waals surface area contributed by atoms with E-state index in [4.69, 9.17) is 0 Å². The van der Waals surface area contributed by atoms with Crippen LogP contribution in [0.3, 0.4) is 0 Å². The summed E-state index contributed by atoms with van der Waals surface area (Å²) in [6.07, 6.45) is -0.00904. The van der Waals surface area contributed by atoms with E-state index in [0.717, 1.165) is 0 Å². The van der Waals surface area contributed by atoms with Crippen molar-refractivity contribution in [3.8, 4) is 0 Å². The summed E-state index contributed by atoms with van der Waals surface area (Å²) in [5.41, 5.74) is 0.298. The minimum atomic E-state index is -0.920. The Morgan fingerprint density at radius 2 is 1.77 bits per heavy atom. The monoisotopic (exact) mass is 309 g/mol. The lowest BCUT2D eigenvalue weighted by Crippen LogP contribution is -2.61. The molecule has 0 aliphatic carbocycles. The molecule has 22 heavy (non-hydrogen) atoms. The van der Waals surface area contributed by atoms with Crippen LogP contribution in [-0.4, -0.2) is 75.1 Å². The Hall–Kier alpha value is -1.93. The number of fused-ring (bicyclic) bond motifs is 2. The fraction of sp³-hybridized carbons (Fsp3) is 0.643. The molecular weight excluding hydrogens is 290 g/mol. The first kappa shape index (κ1) is 15.0. The molecule has 3 aliphatic heterocycles. The van der Waals surface area contributed by atoms with Gasteiger partial charge in [0.25, 0.3) is 0 Å². The van der Waals surface area contributed by atoms with Crippen molar-refractivity contribution < 1.29 is 24.6 Å². The molecule has 2 saturated heterocycles. The van der Waals surface area contributed by atoms with Gasteiger partial charge >= 0.3 is 0 Å². The van der Waals surface area contributed by atoms with Gasteiger partial charge in [0, 0.05) is 37.7 Å². The van der Waals surface area contributed by atoms with Crippen molar-refractivity contribution in [2.24, 2.45) is 0 Å². The number of carbonyl (C=O) groups excluding carboxylic acids is 3. The van der Waals surface area contributed by atoms with E-state index in [2.05, 4.69) is 5.32 Å². The van der Waals surface area contributed by atoms with Crippen molar-refractivity contribution in [1.29, 1.82) is 0 Å². The Labute approximate surface area is 127 Å². The van der Waals surface area contributed by atoms with E-state index in [1.165, 1.54) is 16.0 Å². The highest BCUT2D eigenvalue weighted by atomic mass is 16.3. The summed E-state index contributed by atoms with van der Waals surface area (Å²) >= 11 is 0. The second-order valence-corrected chi connectivity index (χ2v) is 6.07. The van der Waals surface area contributed by atoms with Gasteiger partial charge in [-0.1, -0.05) is 0 Å². The maximum atomic E-state index is 12.6. The zero-order valence-corrected chi connectivity index (χ0v) is 12.2. The minimum Gasteiger partial charge on any atom is -0.391 e. The summed E-state index contributed by atoms with van der Waals surface area (Å²) < 4.78 is 0. The topological polar surface area (TPSA) is 110 Å². The Balaban J connectivity index is 1.99. The molecule has 8 heteroatoms. The first-order valence-corrected chi connectivity index (χ1v) is 7.34. The van der Waals surface area contributed by atoms with Crippen LogP contribution in [-0.2, 0) is 14.4 Å². The van der Waals surface area contributed by atoms with Crippen molar-refractivity contribution in [3.63, 3.8) is 0 Å². The molecule has 120 valence electrons. The molecule has 0 aromatic rings. The lowest BCUT2D eigenvalue weighted by atomic mass is 10.0. The Kier molecular flexibility index (Phi) is 3.65. The molecule has 3 amide bonds. The number of rotatable bonds is 0. The molecule has 3 N–H and O–H groups in total. The summed E-state index contributed by atoms with van der Waals surface area (Å²) in [4.78, 5) is 39.7. The van der Waals surface area contributed by atoms with Gasteiger partial charge in [-0.3, -0.25) is 14.4 Å². The largest absolute Gasteiger partial charge is 0.391 e. The number of aliphatic hydroxyl groups is 2. The van der Waals surface area contributed by atoms with Crippen molar-refractivity contribution >= 4 is 17.7 Å². The molecule has 0 spiro atoms. The van der Waals surface area contributed by atoms with Gasteiger partial charge in [0.1, 0.15) is 12.1 Å². The zero-order chi connectivity index (χ0) is 16.0. The van der Waals surface area contributed by atoms with E-state index in [9.17, 15) is 24.6 Å². The van der Waals surface area contributed by atoms with Crippen molar-refractivity contribution in [1.82, 2.24) is 15.1 Å². The zero-order valence-electron chi connectivity index (χ0n) is 12.2. The number of carbonyl (C=O) groups is 3. The summed E-state index contributed by atoms with van der Waals surface area (Å²) in [7, 11) is 0. The van der Waals surface area contributed by atoms with Gasteiger partial charge in [-0.2, -0.15) is 0 Å². The highest BCUT2D eigenvalue weighted by molar-refractivity contribution is 5.99. The number of hydrogen-bond donors (Lipinski definition) is 3. The van der Waals surface area contributed by atoms with Crippen LogP contribution >= 0.6 is 0 Å². The van der Waals surface area contributed by atoms with Crippen molar-refractivity contribution in [3.05, 3.63) is 11.8 Å². The average molecular weight is 309 g/mol. The smallest absolute Gasteiger partial charge is 0.250 e. The van der Waals surface area contributed by atoms with Gasteiger partial charge in [-0.05, 0) is 6.92 Å². The fourth-order valence-electron chi connectivity index (χ4n) is 3.25. The number of nitrogens with one attached hydrogen (secondary N) is 1. The third-order valence-electron chi connectivity index (χ3n) is 4.41. The number of hydrogen-bond acceptors (Lipinski definition) is 5. The van der Waals surface area contributed by atoms with E-state index < -0.39 is 24.3 Å². The maximum Gasteiger partial charge on any atom is 0.250 e. The van der Waals surface area contributed by atoms with Gasteiger partial charge in [0.05, 0.1) is 12.2 Å². The highest BCUT2D eigenvalue weighted by Gasteiger charge is 2.50. The molecule has 3 rings (SSSR count). The molecule has 3 heterocycles. The average Bonchev–Trinajstić information content (AvgIpc) is 2.88. The van der Waals surface area contributed by atoms with E-state index in [1.54, 1.807) is 6.92 Å². The summed E-state index contributed by atoms with van der Waals surface area (Å²) in [6, 6.07) is -1.53. The normalized spacial score (nSPS) is 38.3. The van der Waals surface area contributed by atoms with Crippen LogP contribution in [0, 0.1) is 0 Å². The van der Waals surface area contributed by atoms with Crippen molar-refractivity contribution in [2.75, 3.05) is 13.1 Å². The van der Waals surface area contributed by atoms with Crippen LogP contribution in [0.1, 0.15) is 19.8 Å². The lowest BCUT2D eigenvalue weighted by Gasteiger charge is -2.41. The van der Waals surface area contributed by atoms with E-state index in [0.29, 0.717) is 5.57 Å². The minimum absolute atomic E-state index is 0.0296. The number of aliphatic hydroxyl groups excluding tert-OH is 2. The van der Waals surface area contributed by atoms with Gasteiger partial charge in [0.15, 0.2) is 0 Å². The van der Waals surface area contributed by atoms with Gasteiger partial charge in [0.2, 0.25) is 17.7 Å². The number of piperazine rings is 1. The molecule has 3 aliphatic rings. The van der Waals surface area contributed by atoms with Gasteiger partial charge in [-0.25, -0.2) is 0 Å². The third-order valence-corrected chi connectivity index (χ3v) is 4.41. The first-order valence-electron chi connectivity index (χ1n) is 7.34. The number of nitrogens with zero attached hydrogens (tertiary/aromatic N) is 2. The molecule has 2 fully saturated rings. The summed E-state index contributed by atoms with van der Waals surface area (Å²) in [6.45, 7) is 1.72. The van der Waals surface area contributed by atoms with E-state index in [1.807, 2.05) is 0 Å². The van der Waals surface area contributed by atoms with E-state index >= 15 is 0 Å². The molecule has 0 unspecified atom stereocenters. The van der Waals surface area contributed by atoms with Crippen molar-refractivity contribution in [2.45, 2.75) is 44.1 Å². The highest BCUT2D eigenvalue weighted by Crippen LogP contribution is 2.30. The molecular formula is C14H19N3O5. The Morgan fingerprint density at radius 1 is 1.09 bits per heavy atom. The second kappa shape index (κ2) is 5.36. The molecule has 0 bridgehead atoms. The van der Waals surface area contributed by atoms with Crippen LogP contribution in [0.25, 0.3) is 0 Å². The third kappa shape index (κ3) is 2.38.